The average molecular weight is 158 g/mol. The molecule has 1 fully saturated rings. The van der Waals surface area contributed by atoms with Crippen LogP contribution in [-0.4, -0.2) is 10.4 Å². The molecule has 0 heterocycles. The Bertz CT molecular complexity index is 133. The molecule has 0 aliphatic heterocycles. The molecule has 0 N–H and O–H groups in total. The number of rotatable bonds is 1. The molecule has 2 atom stereocenters. The first kappa shape index (κ1) is 8.12. The molecule has 1 aliphatic carbocycles. The van der Waals surface area contributed by atoms with E-state index < -0.39 is 0 Å². The fourth-order valence-electron chi connectivity index (χ4n) is 1.50. The third kappa shape index (κ3) is 2.01. The van der Waals surface area contributed by atoms with Crippen LogP contribution in [0.15, 0.2) is 0 Å². The van der Waals surface area contributed by atoms with Gasteiger partial charge in [-0.15, -0.1) is 0 Å². The Hall–Kier alpha value is 0.0200. The smallest absolute Gasteiger partial charge is 0.186 e. The van der Waals surface area contributed by atoms with Crippen LogP contribution in [0.3, 0.4) is 0 Å². The predicted molar refractivity (Wildman–Crippen MR) is 45.1 cm³/mol. The highest BCUT2D eigenvalue weighted by Gasteiger charge is 2.24. The third-order valence-electron chi connectivity index (χ3n) is 2.10. The van der Waals surface area contributed by atoms with E-state index in [1.54, 1.807) is 6.92 Å². The van der Waals surface area contributed by atoms with Crippen LogP contribution in [0.2, 0.25) is 0 Å². The standard InChI is InChI=1S/C8H14OS/c1-6-4-3-5-8(6)10-7(2)9/h6,8H,3-5H2,1-2H3/t6-,8-/m1/s1. The van der Waals surface area contributed by atoms with E-state index in [0.717, 1.165) is 5.92 Å². The van der Waals surface area contributed by atoms with Crippen molar-refractivity contribution in [3.05, 3.63) is 0 Å². The molecule has 58 valence electrons. The van der Waals surface area contributed by atoms with Crippen molar-refractivity contribution in [1.29, 1.82) is 0 Å². The van der Waals surface area contributed by atoms with Gasteiger partial charge in [-0.1, -0.05) is 25.1 Å². The molecular formula is C8H14OS. The second-order valence-electron chi connectivity index (χ2n) is 3.06. The van der Waals surface area contributed by atoms with Crippen LogP contribution in [0.25, 0.3) is 0 Å². The fourth-order valence-corrected chi connectivity index (χ4v) is 2.58. The molecule has 1 nitrogen and oxygen atoms in total. The van der Waals surface area contributed by atoms with Crippen LogP contribution in [0.4, 0.5) is 0 Å². The molecule has 0 aromatic heterocycles. The van der Waals surface area contributed by atoms with Crippen molar-refractivity contribution < 1.29 is 4.79 Å². The number of hydrogen-bond acceptors (Lipinski definition) is 2. The van der Waals surface area contributed by atoms with E-state index >= 15 is 0 Å². The Kier molecular flexibility index (Phi) is 2.78. The molecule has 1 saturated carbocycles. The molecule has 2 heteroatoms. The first-order chi connectivity index (χ1) is 4.70. The zero-order valence-corrected chi connectivity index (χ0v) is 7.41. The topological polar surface area (TPSA) is 17.1 Å². The van der Waals surface area contributed by atoms with Gasteiger partial charge in [-0.05, 0) is 18.8 Å². The molecule has 0 radical (unpaired) electrons. The Morgan fingerprint density at radius 1 is 1.50 bits per heavy atom. The Morgan fingerprint density at radius 2 is 2.20 bits per heavy atom. The second kappa shape index (κ2) is 3.42. The van der Waals surface area contributed by atoms with Gasteiger partial charge in [0.15, 0.2) is 5.12 Å². The largest absolute Gasteiger partial charge is 0.288 e. The molecule has 0 aromatic carbocycles. The first-order valence-electron chi connectivity index (χ1n) is 3.87. The summed E-state index contributed by atoms with van der Waals surface area (Å²) in [7, 11) is 0. The fraction of sp³-hybridized carbons (Fsp3) is 0.875. The average Bonchev–Trinajstić information content (AvgIpc) is 2.15. The van der Waals surface area contributed by atoms with E-state index in [4.69, 9.17) is 0 Å². The summed E-state index contributed by atoms with van der Waals surface area (Å²) in [6.45, 7) is 3.91. The first-order valence-corrected chi connectivity index (χ1v) is 4.75. The van der Waals surface area contributed by atoms with Gasteiger partial charge < -0.3 is 0 Å². The third-order valence-corrected chi connectivity index (χ3v) is 3.44. The quantitative estimate of drug-likeness (QED) is 0.583. The van der Waals surface area contributed by atoms with Gasteiger partial charge in [-0.3, -0.25) is 4.79 Å². The minimum absolute atomic E-state index is 0.277. The van der Waals surface area contributed by atoms with Crippen LogP contribution in [-0.2, 0) is 4.79 Å². The summed E-state index contributed by atoms with van der Waals surface area (Å²) < 4.78 is 0. The highest BCUT2D eigenvalue weighted by Crippen LogP contribution is 2.34. The maximum Gasteiger partial charge on any atom is 0.186 e. The van der Waals surface area contributed by atoms with Gasteiger partial charge >= 0.3 is 0 Å². The Labute approximate surface area is 66.6 Å². The van der Waals surface area contributed by atoms with Gasteiger partial charge in [-0.25, -0.2) is 0 Å². The zero-order chi connectivity index (χ0) is 7.56. The van der Waals surface area contributed by atoms with Crippen LogP contribution in [0, 0.1) is 5.92 Å². The number of thioether (sulfide) groups is 1. The van der Waals surface area contributed by atoms with Crippen LogP contribution < -0.4 is 0 Å². The van der Waals surface area contributed by atoms with E-state index in [9.17, 15) is 4.79 Å². The number of carbonyl (C=O) groups excluding carboxylic acids is 1. The molecule has 0 saturated heterocycles. The van der Waals surface area contributed by atoms with Crippen molar-refractivity contribution >= 4 is 16.9 Å². The number of carbonyl (C=O) groups is 1. The van der Waals surface area contributed by atoms with Gasteiger partial charge in [-0.2, -0.15) is 0 Å². The zero-order valence-electron chi connectivity index (χ0n) is 6.59. The Balaban J connectivity index is 2.33. The van der Waals surface area contributed by atoms with E-state index in [1.807, 2.05) is 0 Å². The summed E-state index contributed by atoms with van der Waals surface area (Å²) in [5.41, 5.74) is 0. The summed E-state index contributed by atoms with van der Waals surface area (Å²) in [4.78, 5) is 10.7. The molecule has 0 spiro atoms. The lowest BCUT2D eigenvalue weighted by atomic mass is 10.1. The lowest BCUT2D eigenvalue weighted by molar-refractivity contribution is -0.109. The monoisotopic (exact) mass is 158 g/mol. The molecule has 0 aromatic rings. The lowest BCUT2D eigenvalue weighted by Crippen LogP contribution is -2.07. The minimum Gasteiger partial charge on any atom is -0.288 e. The normalized spacial score (nSPS) is 32.6. The number of hydrogen-bond donors (Lipinski definition) is 0. The summed E-state index contributed by atoms with van der Waals surface area (Å²) in [5, 5.41) is 0.899. The van der Waals surface area contributed by atoms with Gasteiger partial charge in [0.1, 0.15) is 0 Å². The SMILES string of the molecule is CC(=O)S[C@@H]1CCC[C@H]1C. The highest BCUT2D eigenvalue weighted by molar-refractivity contribution is 8.14. The van der Waals surface area contributed by atoms with E-state index in [0.29, 0.717) is 5.25 Å². The van der Waals surface area contributed by atoms with Crippen molar-refractivity contribution in [2.24, 2.45) is 5.92 Å². The van der Waals surface area contributed by atoms with Gasteiger partial charge in [0, 0.05) is 12.2 Å². The van der Waals surface area contributed by atoms with Crippen LogP contribution in [0.5, 0.6) is 0 Å². The molecule has 0 unspecified atom stereocenters. The molecule has 10 heavy (non-hydrogen) atoms. The molecular weight excluding hydrogens is 144 g/mol. The van der Waals surface area contributed by atoms with Crippen molar-refractivity contribution in [1.82, 2.24) is 0 Å². The van der Waals surface area contributed by atoms with Crippen LogP contribution in [0.1, 0.15) is 33.1 Å². The Morgan fingerprint density at radius 3 is 2.60 bits per heavy atom. The van der Waals surface area contributed by atoms with Crippen molar-refractivity contribution in [2.75, 3.05) is 0 Å². The minimum atomic E-state index is 0.277. The van der Waals surface area contributed by atoms with Crippen molar-refractivity contribution in [2.45, 2.75) is 38.4 Å². The maximum absolute atomic E-state index is 10.7. The molecule has 0 amide bonds. The highest BCUT2D eigenvalue weighted by atomic mass is 32.2. The van der Waals surface area contributed by atoms with Gasteiger partial charge in [0.25, 0.3) is 0 Å². The summed E-state index contributed by atoms with van der Waals surface area (Å²) in [5.74, 6) is 0.758. The molecule has 1 rings (SSSR count). The van der Waals surface area contributed by atoms with E-state index in [2.05, 4.69) is 6.92 Å². The van der Waals surface area contributed by atoms with Crippen molar-refractivity contribution in [3.63, 3.8) is 0 Å². The summed E-state index contributed by atoms with van der Waals surface area (Å²) in [6.07, 6.45) is 3.86. The molecule has 1 aliphatic rings. The predicted octanol–water partition coefficient (Wildman–Crippen LogP) is 2.45. The van der Waals surface area contributed by atoms with Gasteiger partial charge in [0.05, 0.1) is 0 Å². The van der Waals surface area contributed by atoms with E-state index in [-0.39, 0.29) is 5.12 Å². The van der Waals surface area contributed by atoms with Crippen molar-refractivity contribution in [3.8, 4) is 0 Å². The van der Waals surface area contributed by atoms with Gasteiger partial charge in [0.2, 0.25) is 0 Å². The maximum atomic E-state index is 10.7. The van der Waals surface area contributed by atoms with Crippen LogP contribution >= 0.6 is 11.8 Å². The lowest BCUT2D eigenvalue weighted by Gasteiger charge is -2.11. The van der Waals surface area contributed by atoms with E-state index in [1.165, 1.54) is 31.0 Å². The summed E-state index contributed by atoms with van der Waals surface area (Å²) in [6, 6.07) is 0. The second-order valence-corrected chi connectivity index (χ2v) is 4.47. The molecule has 0 bridgehead atoms. The summed E-state index contributed by atoms with van der Waals surface area (Å²) >= 11 is 1.53.